The van der Waals surface area contributed by atoms with Crippen molar-refractivity contribution in [2.24, 2.45) is 0 Å². The third-order valence-corrected chi connectivity index (χ3v) is 6.66. The van der Waals surface area contributed by atoms with Gasteiger partial charge in [-0.1, -0.05) is 62.2 Å². The molecule has 0 unspecified atom stereocenters. The number of hydrogen-bond acceptors (Lipinski definition) is 5. The standard InChI is InChI=1S/C19H32N2.C9H9N3O.ClH/c1-3-4-8-14-21-16-12-19(13-17-21)20(2)15-11-18-9-6-5-7-10-18;13-5-8-1-3-9(4-2-8)12-7-10-6-11-12;/h5-7,9-10,19H,3-4,8,11-17H2,1-2H3;1-4,6-7,13H,5H2;1H. The maximum atomic E-state index is 8.82. The smallest absolute Gasteiger partial charge is 0.138 e. The Morgan fingerprint density at radius 1 is 0.971 bits per heavy atom. The van der Waals surface area contributed by atoms with Crippen molar-refractivity contribution in [3.05, 3.63) is 78.4 Å². The Morgan fingerprint density at radius 2 is 1.69 bits per heavy atom. The van der Waals surface area contributed by atoms with E-state index in [1.165, 1.54) is 76.6 Å². The second kappa shape index (κ2) is 16.4. The SMILES string of the molecule is CCCCCN1CCC(N(C)CCc2ccccc2)CC1.Cl.OCc1ccc(-n2cncn2)cc1. The molecule has 1 aliphatic heterocycles. The Kier molecular flexibility index (Phi) is 13.6. The molecule has 1 saturated heterocycles. The van der Waals surface area contributed by atoms with E-state index in [9.17, 15) is 0 Å². The minimum absolute atomic E-state index is 0. The van der Waals surface area contributed by atoms with E-state index in [1.807, 2.05) is 24.3 Å². The first-order valence-electron chi connectivity index (χ1n) is 12.7. The zero-order valence-electron chi connectivity index (χ0n) is 21.3. The van der Waals surface area contributed by atoms with Crippen molar-refractivity contribution in [2.45, 2.75) is 58.1 Å². The van der Waals surface area contributed by atoms with Crippen LogP contribution in [0.3, 0.4) is 0 Å². The molecule has 1 fully saturated rings. The number of aromatic nitrogens is 3. The van der Waals surface area contributed by atoms with Gasteiger partial charge in [-0.05, 0) is 75.6 Å². The molecule has 1 aromatic heterocycles. The average molecular weight is 500 g/mol. The number of halogens is 1. The lowest BCUT2D eigenvalue weighted by molar-refractivity contribution is 0.127. The molecule has 6 nitrogen and oxygen atoms in total. The van der Waals surface area contributed by atoms with Crippen LogP contribution in [-0.4, -0.2) is 68.9 Å². The van der Waals surface area contributed by atoms with Crippen LogP contribution in [0.2, 0.25) is 0 Å². The number of nitrogens with zero attached hydrogens (tertiary/aromatic N) is 5. The maximum absolute atomic E-state index is 8.82. The Balaban J connectivity index is 0.000000265. The maximum Gasteiger partial charge on any atom is 0.138 e. The molecule has 35 heavy (non-hydrogen) atoms. The predicted octanol–water partition coefficient (Wildman–Crippen LogP) is 5.00. The molecule has 0 amide bonds. The number of likely N-dealkylation sites (N-methyl/N-ethyl adjacent to an activating group) is 1. The fourth-order valence-electron chi connectivity index (χ4n) is 4.40. The van der Waals surface area contributed by atoms with E-state index in [-0.39, 0.29) is 19.0 Å². The van der Waals surface area contributed by atoms with Crippen molar-refractivity contribution in [2.75, 3.05) is 33.2 Å². The molecule has 7 heteroatoms. The second-order valence-electron chi connectivity index (χ2n) is 9.16. The Labute approximate surface area is 217 Å². The van der Waals surface area contributed by atoms with E-state index < -0.39 is 0 Å². The Bertz CT molecular complexity index is 897. The van der Waals surface area contributed by atoms with Gasteiger partial charge in [-0.3, -0.25) is 0 Å². The molecule has 0 aliphatic carbocycles. The van der Waals surface area contributed by atoms with Crippen LogP contribution in [0.1, 0.15) is 50.2 Å². The quantitative estimate of drug-likeness (QED) is 0.398. The highest BCUT2D eigenvalue weighted by Crippen LogP contribution is 2.16. The van der Waals surface area contributed by atoms with Crippen molar-refractivity contribution in [1.82, 2.24) is 24.6 Å². The topological polar surface area (TPSA) is 57.4 Å². The molecule has 0 bridgehead atoms. The fourth-order valence-corrected chi connectivity index (χ4v) is 4.40. The summed E-state index contributed by atoms with van der Waals surface area (Å²) >= 11 is 0. The van der Waals surface area contributed by atoms with Gasteiger partial charge in [0.1, 0.15) is 12.7 Å². The highest BCUT2D eigenvalue weighted by Gasteiger charge is 2.21. The van der Waals surface area contributed by atoms with Crippen LogP contribution >= 0.6 is 12.4 Å². The van der Waals surface area contributed by atoms with E-state index >= 15 is 0 Å². The zero-order valence-corrected chi connectivity index (χ0v) is 22.1. The first-order chi connectivity index (χ1) is 16.7. The number of hydrogen-bond donors (Lipinski definition) is 1. The minimum atomic E-state index is 0. The molecular weight excluding hydrogens is 458 g/mol. The van der Waals surface area contributed by atoms with Gasteiger partial charge in [0.15, 0.2) is 0 Å². The van der Waals surface area contributed by atoms with Crippen LogP contribution in [0.5, 0.6) is 0 Å². The van der Waals surface area contributed by atoms with Crippen molar-refractivity contribution in [3.63, 3.8) is 0 Å². The molecule has 1 aliphatic rings. The number of rotatable bonds is 10. The molecule has 1 N–H and O–H groups in total. The monoisotopic (exact) mass is 499 g/mol. The third kappa shape index (κ3) is 10.1. The van der Waals surface area contributed by atoms with Gasteiger partial charge in [-0.2, -0.15) is 5.10 Å². The molecule has 4 rings (SSSR count). The second-order valence-corrected chi connectivity index (χ2v) is 9.16. The number of benzene rings is 2. The summed E-state index contributed by atoms with van der Waals surface area (Å²) < 4.78 is 1.67. The highest BCUT2D eigenvalue weighted by molar-refractivity contribution is 5.85. The molecule has 0 radical (unpaired) electrons. The van der Waals surface area contributed by atoms with Gasteiger partial charge in [0, 0.05) is 12.6 Å². The van der Waals surface area contributed by atoms with Crippen LogP contribution in [0.15, 0.2) is 67.3 Å². The summed E-state index contributed by atoms with van der Waals surface area (Å²) in [6.07, 6.45) is 11.1. The van der Waals surface area contributed by atoms with Crippen molar-refractivity contribution in [1.29, 1.82) is 0 Å². The molecule has 0 atom stereocenters. The van der Waals surface area contributed by atoms with Crippen molar-refractivity contribution < 1.29 is 5.11 Å². The third-order valence-electron chi connectivity index (χ3n) is 6.66. The van der Waals surface area contributed by atoms with E-state index in [0.717, 1.165) is 17.3 Å². The van der Waals surface area contributed by atoms with Crippen LogP contribution in [0, 0.1) is 0 Å². The van der Waals surface area contributed by atoms with Gasteiger partial charge in [0.05, 0.1) is 12.3 Å². The van der Waals surface area contributed by atoms with E-state index in [0.29, 0.717) is 0 Å². The largest absolute Gasteiger partial charge is 0.392 e. The lowest BCUT2D eigenvalue weighted by Crippen LogP contribution is -2.44. The molecule has 0 saturated carbocycles. The summed E-state index contributed by atoms with van der Waals surface area (Å²) in [7, 11) is 2.31. The first-order valence-corrected chi connectivity index (χ1v) is 12.7. The average Bonchev–Trinajstić information content (AvgIpc) is 3.44. The van der Waals surface area contributed by atoms with Crippen LogP contribution in [0.4, 0.5) is 0 Å². The van der Waals surface area contributed by atoms with Gasteiger partial charge >= 0.3 is 0 Å². The normalized spacial score (nSPS) is 14.3. The van der Waals surface area contributed by atoms with Gasteiger partial charge in [-0.15, -0.1) is 12.4 Å². The predicted molar refractivity (Wildman–Crippen MR) is 146 cm³/mol. The number of piperidine rings is 1. The van der Waals surface area contributed by atoms with Gasteiger partial charge in [-0.25, -0.2) is 9.67 Å². The summed E-state index contributed by atoms with van der Waals surface area (Å²) in [5.74, 6) is 0. The molecule has 0 spiro atoms. The van der Waals surface area contributed by atoms with Crippen LogP contribution in [0.25, 0.3) is 5.69 Å². The van der Waals surface area contributed by atoms with Crippen LogP contribution in [-0.2, 0) is 13.0 Å². The lowest BCUT2D eigenvalue weighted by atomic mass is 10.0. The first kappa shape index (κ1) is 29.0. The summed E-state index contributed by atoms with van der Waals surface area (Å²) in [4.78, 5) is 9.09. The molecule has 2 aromatic carbocycles. The Morgan fingerprint density at radius 3 is 2.29 bits per heavy atom. The molecular formula is C28H42ClN5O. The van der Waals surface area contributed by atoms with Gasteiger partial charge < -0.3 is 14.9 Å². The number of aliphatic hydroxyl groups excluding tert-OH is 1. The lowest BCUT2D eigenvalue weighted by Gasteiger charge is -2.36. The zero-order chi connectivity index (χ0) is 24.0. The minimum Gasteiger partial charge on any atom is -0.392 e. The van der Waals surface area contributed by atoms with Crippen molar-refractivity contribution in [3.8, 4) is 5.69 Å². The van der Waals surface area contributed by atoms with Crippen LogP contribution < -0.4 is 0 Å². The van der Waals surface area contributed by atoms with Crippen molar-refractivity contribution >= 4 is 12.4 Å². The van der Waals surface area contributed by atoms with E-state index in [1.54, 1.807) is 11.0 Å². The summed E-state index contributed by atoms with van der Waals surface area (Å²) in [6.45, 7) is 7.44. The fraction of sp³-hybridized carbons (Fsp3) is 0.500. The summed E-state index contributed by atoms with van der Waals surface area (Å²) in [6, 6.07) is 19.1. The summed E-state index contributed by atoms with van der Waals surface area (Å²) in [5.41, 5.74) is 3.29. The number of aliphatic hydroxyl groups is 1. The van der Waals surface area contributed by atoms with E-state index in [2.05, 4.69) is 64.2 Å². The Hall–Kier alpha value is -2.25. The van der Waals surface area contributed by atoms with Gasteiger partial charge in [0.25, 0.3) is 0 Å². The van der Waals surface area contributed by atoms with Gasteiger partial charge in [0.2, 0.25) is 0 Å². The highest BCUT2D eigenvalue weighted by atomic mass is 35.5. The molecule has 2 heterocycles. The number of unbranched alkanes of at least 4 members (excludes halogenated alkanes) is 2. The molecule has 3 aromatic rings. The summed E-state index contributed by atoms with van der Waals surface area (Å²) in [5, 5.41) is 12.8. The van der Waals surface area contributed by atoms with E-state index in [4.69, 9.17) is 5.11 Å². The number of likely N-dealkylation sites (tertiary alicyclic amines) is 1. The molecule has 192 valence electrons.